The third kappa shape index (κ3) is 2.06. The summed E-state index contributed by atoms with van der Waals surface area (Å²) in [4.78, 5) is 11.0. The van der Waals surface area contributed by atoms with E-state index < -0.39 is 11.5 Å². The van der Waals surface area contributed by atoms with Gasteiger partial charge in [0.15, 0.2) is 0 Å². The van der Waals surface area contributed by atoms with Gasteiger partial charge in [-0.3, -0.25) is 4.79 Å². The van der Waals surface area contributed by atoms with Crippen molar-refractivity contribution in [3.05, 3.63) is 34.9 Å². The molecule has 1 aliphatic heterocycles. The third-order valence-electron chi connectivity index (χ3n) is 3.09. The summed E-state index contributed by atoms with van der Waals surface area (Å²) in [5.41, 5.74) is 0.418. The van der Waals surface area contributed by atoms with E-state index in [1.54, 1.807) is 6.07 Å². The van der Waals surface area contributed by atoms with E-state index in [-0.39, 0.29) is 6.42 Å². The number of carboxylic acids is 1. The molecular weight excluding hydrogens is 226 g/mol. The highest BCUT2D eigenvalue weighted by Crippen LogP contribution is 2.37. The number of benzene rings is 1. The highest BCUT2D eigenvalue weighted by molar-refractivity contribution is 6.31. The molecule has 1 heterocycles. The minimum atomic E-state index is -0.797. The van der Waals surface area contributed by atoms with Crippen molar-refractivity contribution in [3.63, 3.8) is 0 Å². The largest absolute Gasteiger partial charge is 0.481 e. The first-order valence-corrected chi connectivity index (χ1v) is 5.74. The van der Waals surface area contributed by atoms with E-state index in [1.807, 2.05) is 18.2 Å². The van der Waals surface area contributed by atoms with Crippen LogP contribution >= 0.6 is 11.6 Å². The van der Waals surface area contributed by atoms with Gasteiger partial charge in [-0.15, -0.1) is 0 Å². The van der Waals surface area contributed by atoms with E-state index in [0.717, 1.165) is 24.9 Å². The van der Waals surface area contributed by atoms with E-state index in [0.29, 0.717) is 5.02 Å². The van der Waals surface area contributed by atoms with Crippen LogP contribution in [0.3, 0.4) is 0 Å². The van der Waals surface area contributed by atoms with E-state index >= 15 is 0 Å². The van der Waals surface area contributed by atoms with Crippen LogP contribution in [-0.2, 0) is 10.3 Å². The fourth-order valence-electron chi connectivity index (χ4n) is 2.39. The predicted octanol–water partition coefficient (Wildman–Crippen LogP) is 2.39. The molecule has 1 unspecified atom stereocenters. The lowest BCUT2D eigenvalue weighted by Crippen LogP contribution is -2.39. The van der Waals surface area contributed by atoms with E-state index in [2.05, 4.69) is 5.32 Å². The maximum absolute atomic E-state index is 11.0. The summed E-state index contributed by atoms with van der Waals surface area (Å²) in [6, 6.07) is 7.46. The summed E-state index contributed by atoms with van der Waals surface area (Å²) in [5.74, 6) is -0.797. The lowest BCUT2D eigenvalue weighted by molar-refractivity contribution is -0.138. The second-order valence-corrected chi connectivity index (χ2v) is 4.57. The molecule has 0 aromatic heterocycles. The van der Waals surface area contributed by atoms with Crippen molar-refractivity contribution in [1.82, 2.24) is 5.32 Å². The molecule has 0 aliphatic carbocycles. The number of nitrogens with one attached hydrogen (secondary N) is 1. The van der Waals surface area contributed by atoms with Gasteiger partial charge in [0.05, 0.1) is 12.0 Å². The van der Waals surface area contributed by atoms with Crippen LogP contribution in [0.15, 0.2) is 24.3 Å². The summed E-state index contributed by atoms with van der Waals surface area (Å²) >= 11 is 6.14. The third-order valence-corrected chi connectivity index (χ3v) is 3.42. The molecule has 0 radical (unpaired) electrons. The smallest absolute Gasteiger partial charge is 0.305 e. The minimum absolute atomic E-state index is 0.0801. The number of carbonyl (C=O) groups is 1. The monoisotopic (exact) mass is 239 g/mol. The highest BCUT2D eigenvalue weighted by atomic mass is 35.5. The molecule has 0 saturated carbocycles. The molecule has 2 N–H and O–H groups in total. The van der Waals surface area contributed by atoms with Crippen molar-refractivity contribution >= 4 is 17.6 Å². The molecular formula is C12H14ClNO2. The van der Waals surface area contributed by atoms with Crippen LogP contribution < -0.4 is 5.32 Å². The van der Waals surface area contributed by atoms with E-state index in [1.165, 1.54) is 0 Å². The van der Waals surface area contributed by atoms with Gasteiger partial charge in [-0.2, -0.15) is 0 Å². The first-order chi connectivity index (χ1) is 7.64. The van der Waals surface area contributed by atoms with Gasteiger partial charge >= 0.3 is 5.97 Å². The standard InChI is InChI=1S/C12H14ClNO2/c13-10-5-2-1-4-9(10)12(8-11(15)16)6-3-7-14-12/h1-2,4-5,14H,3,6-8H2,(H,15,16). The van der Waals surface area contributed by atoms with Crippen molar-refractivity contribution in [3.8, 4) is 0 Å². The topological polar surface area (TPSA) is 49.3 Å². The Morgan fingerprint density at radius 1 is 1.50 bits per heavy atom. The Balaban J connectivity index is 2.39. The summed E-state index contributed by atoms with van der Waals surface area (Å²) in [6.07, 6.45) is 1.89. The number of hydrogen-bond donors (Lipinski definition) is 2. The Kier molecular flexibility index (Phi) is 3.17. The van der Waals surface area contributed by atoms with Gasteiger partial charge in [-0.1, -0.05) is 29.8 Å². The zero-order valence-corrected chi connectivity index (χ0v) is 9.63. The summed E-state index contributed by atoms with van der Waals surface area (Å²) < 4.78 is 0. The lowest BCUT2D eigenvalue weighted by Gasteiger charge is -2.29. The van der Waals surface area contributed by atoms with Crippen molar-refractivity contribution in [2.45, 2.75) is 24.8 Å². The fraction of sp³-hybridized carbons (Fsp3) is 0.417. The van der Waals surface area contributed by atoms with E-state index in [9.17, 15) is 4.79 Å². The van der Waals surface area contributed by atoms with Gasteiger partial charge < -0.3 is 10.4 Å². The number of rotatable bonds is 3. The maximum Gasteiger partial charge on any atom is 0.305 e. The van der Waals surface area contributed by atoms with Crippen LogP contribution in [0.2, 0.25) is 5.02 Å². The van der Waals surface area contributed by atoms with Crippen molar-refractivity contribution in [2.24, 2.45) is 0 Å². The molecule has 1 saturated heterocycles. The molecule has 3 nitrogen and oxygen atoms in total. The van der Waals surface area contributed by atoms with Crippen molar-refractivity contribution < 1.29 is 9.90 Å². The van der Waals surface area contributed by atoms with Gasteiger partial charge in [0.2, 0.25) is 0 Å². The lowest BCUT2D eigenvalue weighted by atomic mass is 9.85. The van der Waals surface area contributed by atoms with Crippen LogP contribution in [0.4, 0.5) is 0 Å². The zero-order chi connectivity index (χ0) is 11.6. The molecule has 1 atom stereocenters. The van der Waals surface area contributed by atoms with Crippen molar-refractivity contribution in [1.29, 1.82) is 0 Å². The molecule has 1 fully saturated rings. The van der Waals surface area contributed by atoms with Crippen molar-refractivity contribution in [2.75, 3.05) is 6.54 Å². The first kappa shape index (κ1) is 11.4. The zero-order valence-electron chi connectivity index (χ0n) is 8.87. The number of hydrogen-bond acceptors (Lipinski definition) is 2. The molecule has 1 aromatic carbocycles. The number of halogens is 1. The second kappa shape index (κ2) is 4.44. The van der Waals surface area contributed by atoms with Gasteiger partial charge in [0.25, 0.3) is 0 Å². The van der Waals surface area contributed by atoms with Crippen LogP contribution in [0.1, 0.15) is 24.8 Å². The minimum Gasteiger partial charge on any atom is -0.481 e. The Morgan fingerprint density at radius 3 is 2.81 bits per heavy atom. The van der Waals surface area contributed by atoms with Crippen LogP contribution in [0, 0.1) is 0 Å². The molecule has 0 amide bonds. The highest BCUT2D eigenvalue weighted by Gasteiger charge is 2.38. The molecule has 2 rings (SSSR count). The van der Waals surface area contributed by atoms with Gasteiger partial charge in [-0.05, 0) is 31.0 Å². The first-order valence-electron chi connectivity index (χ1n) is 5.36. The van der Waals surface area contributed by atoms with E-state index in [4.69, 9.17) is 16.7 Å². The average molecular weight is 240 g/mol. The second-order valence-electron chi connectivity index (χ2n) is 4.16. The normalized spacial score (nSPS) is 24.6. The Hall–Kier alpha value is -1.06. The summed E-state index contributed by atoms with van der Waals surface area (Å²) in [6.45, 7) is 0.846. The molecule has 16 heavy (non-hydrogen) atoms. The quantitative estimate of drug-likeness (QED) is 0.852. The predicted molar refractivity (Wildman–Crippen MR) is 62.6 cm³/mol. The average Bonchev–Trinajstić information content (AvgIpc) is 2.67. The molecule has 86 valence electrons. The Morgan fingerprint density at radius 2 is 2.25 bits per heavy atom. The molecule has 4 heteroatoms. The Labute approximate surface area is 99.4 Å². The molecule has 1 aromatic rings. The number of carboxylic acid groups (broad SMARTS) is 1. The van der Waals surface area contributed by atoms with Gasteiger partial charge in [-0.25, -0.2) is 0 Å². The SMILES string of the molecule is O=C(O)CC1(c2ccccc2Cl)CCCN1. The van der Waals surface area contributed by atoms with Gasteiger partial charge in [0.1, 0.15) is 0 Å². The fourth-order valence-corrected chi connectivity index (χ4v) is 2.71. The van der Waals surface area contributed by atoms with Crippen LogP contribution in [-0.4, -0.2) is 17.6 Å². The van der Waals surface area contributed by atoms with Gasteiger partial charge in [0, 0.05) is 5.02 Å². The maximum atomic E-state index is 11.0. The summed E-state index contributed by atoms with van der Waals surface area (Å²) in [5, 5.41) is 12.9. The summed E-state index contributed by atoms with van der Waals surface area (Å²) in [7, 11) is 0. The molecule has 0 bridgehead atoms. The molecule has 1 aliphatic rings. The van der Waals surface area contributed by atoms with Crippen LogP contribution in [0.5, 0.6) is 0 Å². The Bertz CT molecular complexity index is 400. The number of aliphatic carboxylic acids is 1. The molecule has 0 spiro atoms. The van der Waals surface area contributed by atoms with Crippen LogP contribution in [0.25, 0.3) is 0 Å².